The highest BCUT2D eigenvalue weighted by molar-refractivity contribution is 5.86. The third-order valence-corrected chi connectivity index (χ3v) is 2.94. The number of hydrogen-bond donors (Lipinski definition) is 0. The van der Waals surface area contributed by atoms with E-state index >= 15 is 0 Å². The van der Waals surface area contributed by atoms with Crippen LogP contribution in [0.2, 0.25) is 0 Å². The van der Waals surface area contributed by atoms with Gasteiger partial charge in [0.15, 0.2) is 11.5 Å². The van der Waals surface area contributed by atoms with Gasteiger partial charge in [0.1, 0.15) is 19.3 Å². The summed E-state index contributed by atoms with van der Waals surface area (Å²) in [6.45, 7) is 1.85. The average molecular weight is 235 g/mol. The summed E-state index contributed by atoms with van der Waals surface area (Å²) < 4.78 is 15.6. The summed E-state index contributed by atoms with van der Waals surface area (Å²) >= 11 is 0. The van der Waals surface area contributed by atoms with Crippen LogP contribution in [0.25, 0.3) is 0 Å². The molecule has 1 fully saturated rings. The maximum atomic E-state index is 11.3. The fraction of sp³-hybridized carbons (Fsp3) is 0.417. The highest BCUT2D eigenvalue weighted by Crippen LogP contribution is 2.37. The molecule has 0 bridgehead atoms. The van der Waals surface area contributed by atoms with Crippen molar-refractivity contribution in [1.82, 2.24) is 0 Å². The van der Waals surface area contributed by atoms with Crippen molar-refractivity contribution in [3.63, 3.8) is 0 Å². The van der Waals surface area contributed by atoms with E-state index in [-0.39, 0.29) is 12.0 Å². The quantitative estimate of drug-likeness (QED) is 0.561. The molecular weight excluding hydrogens is 222 g/mol. The molecule has 1 aromatic rings. The molecule has 0 aliphatic carbocycles. The Balaban J connectivity index is 1.79. The average Bonchev–Trinajstić information content (AvgIpc) is 3.17. The molecule has 1 saturated heterocycles. The number of carbonyl (C=O) groups is 1. The van der Waals surface area contributed by atoms with E-state index in [1.807, 2.05) is 23.1 Å². The van der Waals surface area contributed by atoms with E-state index in [1.165, 1.54) is 7.11 Å². The van der Waals surface area contributed by atoms with Crippen molar-refractivity contribution in [2.45, 2.75) is 6.04 Å². The predicted molar refractivity (Wildman–Crippen MR) is 60.6 cm³/mol. The molecule has 1 atom stereocenters. The van der Waals surface area contributed by atoms with E-state index in [0.717, 1.165) is 17.2 Å². The van der Waals surface area contributed by atoms with E-state index in [0.29, 0.717) is 19.8 Å². The molecule has 1 aromatic carbocycles. The monoisotopic (exact) mass is 235 g/mol. The Hall–Kier alpha value is -1.91. The van der Waals surface area contributed by atoms with Gasteiger partial charge in [-0.25, -0.2) is 4.79 Å². The second kappa shape index (κ2) is 3.84. The van der Waals surface area contributed by atoms with Crippen LogP contribution < -0.4 is 14.4 Å². The minimum Gasteiger partial charge on any atom is -0.486 e. The molecule has 0 saturated carbocycles. The van der Waals surface area contributed by atoms with Crippen LogP contribution in [0.3, 0.4) is 0 Å². The van der Waals surface area contributed by atoms with Gasteiger partial charge in [0, 0.05) is 11.8 Å². The SMILES string of the molecule is COC(=O)C1CN1c1ccc2c(c1)OCCO2. The molecule has 0 N–H and O–H groups in total. The summed E-state index contributed by atoms with van der Waals surface area (Å²) in [6, 6.07) is 5.55. The van der Waals surface area contributed by atoms with Crippen molar-refractivity contribution in [1.29, 1.82) is 0 Å². The van der Waals surface area contributed by atoms with Gasteiger partial charge in [0.05, 0.1) is 13.7 Å². The van der Waals surface area contributed by atoms with E-state index in [1.54, 1.807) is 0 Å². The van der Waals surface area contributed by atoms with Gasteiger partial charge in [0.2, 0.25) is 0 Å². The highest BCUT2D eigenvalue weighted by Gasteiger charge is 2.41. The van der Waals surface area contributed by atoms with E-state index < -0.39 is 0 Å². The fourth-order valence-corrected chi connectivity index (χ4v) is 1.97. The van der Waals surface area contributed by atoms with Gasteiger partial charge < -0.3 is 19.1 Å². The summed E-state index contributed by atoms with van der Waals surface area (Å²) in [7, 11) is 1.41. The number of rotatable bonds is 2. The molecule has 2 heterocycles. The van der Waals surface area contributed by atoms with Crippen LogP contribution in [0.5, 0.6) is 11.5 Å². The summed E-state index contributed by atoms with van der Waals surface area (Å²) in [5, 5.41) is 0. The standard InChI is InChI=1S/C12H13NO4/c1-15-12(14)9-7-13(9)8-2-3-10-11(6-8)17-5-4-16-10/h2-3,6,9H,4-5,7H2,1H3. The van der Waals surface area contributed by atoms with Gasteiger partial charge >= 0.3 is 5.97 Å². The molecule has 5 nitrogen and oxygen atoms in total. The van der Waals surface area contributed by atoms with Crippen LogP contribution in [0.1, 0.15) is 0 Å². The number of carbonyl (C=O) groups excluding carboxylic acids is 1. The zero-order valence-electron chi connectivity index (χ0n) is 9.51. The van der Waals surface area contributed by atoms with Crippen LogP contribution in [-0.2, 0) is 9.53 Å². The third-order valence-electron chi connectivity index (χ3n) is 2.94. The third kappa shape index (κ3) is 1.77. The lowest BCUT2D eigenvalue weighted by Crippen LogP contribution is -2.16. The number of hydrogen-bond acceptors (Lipinski definition) is 5. The number of nitrogens with zero attached hydrogens (tertiary/aromatic N) is 1. The first kappa shape index (κ1) is 10.3. The molecule has 0 amide bonds. The van der Waals surface area contributed by atoms with Crippen LogP contribution in [0.4, 0.5) is 5.69 Å². The summed E-state index contributed by atoms with van der Waals surface area (Å²) in [5.74, 6) is 1.31. The van der Waals surface area contributed by atoms with Gasteiger partial charge in [-0.15, -0.1) is 0 Å². The Bertz CT molecular complexity index is 460. The van der Waals surface area contributed by atoms with Crippen molar-refractivity contribution in [2.24, 2.45) is 0 Å². The highest BCUT2D eigenvalue weighted by atomic mass is 16.6. The molecule has 17 heavy (non-hydrogen) atoms. The van der Waals surface area contributed by atoms with Gasteiger partial charge in [0.25, 0.3) is 0 Å². The van der Waals surface area contributed by atoms with Gasteiger partial charge in [-0.1, -0.05) is 0 Å². The zero-order chi connectivity index (χ0) is 11.8. The minimum absolute atomic E-state index is 0.150. The minimum atomic E-state index is -0.195. The number of ether oxygens (including phenoxy) is 3. The molecule has 0 radical (unpaired) electrons. The Kier molecular flexibility index (Phi) is 2.31. The molecule has 2 aliphatic heterocycles. The molecule has 0 aromatic heterocycles. The van der Waals surface area contributed by atoms with Crippen LogP contribution in [0, 0.1) is 0 Å². The topological polar surface area (TPSA) is 47.8 Å². The lowest BCUT2D eigenvalue weighted by molar-refractivity contribution is -0.139. The lowest BCUT2D eigenvalue weighted by atomic mass is 10.2. The summed E-state index contributed by atoms with van der Waals surface area (Å²) in [4.78, 5) is 13.3. The van der Waals surface area contributed by atoms with Gasteiger partial charge in [-0.3, -0.25) is 0 Å². The second-order valence-corrected chi connectivity index (χ2v) is 4.02. The fourth-order valence-electron chi connectivity index (χ4n) is 1.97. The Morgan fingerprint density at radius 3 is 2.88 bits per heavy atom. The largest absolute Gasteiger partial charge is 0.486 e. The molecular formula is C12H13NO4. The molecule has 3 rings (SSSR count). The van der Waals surface area contributed by atoms with Crippen molar-refractivity contribution < 1.29 is 19.0 Å². The first-order valence-corrected chi connectivity index (χ1v) is 5.54. The Labute approximate surface area is 98.9 Å². The Morgan fingerprint density at radius 2 is 2.12 bits per heavy atom. The van der Waals surface area contributed by atoms with Crippen LogP contribution >= 0.6 is 0 Å². The number of benzene rings is 1. The van der Waals surface area contributed by atoms with Crippen LogP contribution in [0.15, 0.2) is 18.2 Å². The van der Waals surface area contributed by atoms with Crippen molar-refractivity contribution in [3.8, 4) is 11.5 Å². The van der Waals surface area contributed by atoms with Crippen molar-refractivity contribution in [2.75, 3.05) is 31.8 Å². The zero-order valence-corrected chi connectivity index (χ0v) is 9.51. The smallest absolute Gasteiger partial charge is 0.330 e. The maximum Gasteiger partial charge on any atom is 0.330 e. The van der Waals surface area contributed by atoms with Gasteiger partial charge in [-0.2, -0.15) is 0 Å². The lowest BCUT2D eigenvalue weighted by Gasteiger charge is -2.19. The van der Waals surface area contributed by atoms with Gasteiger partial charge in [-0.05, 0) is 12.1 Å². The van der Waals surface area contributed by atoms with Crippen molar-refractivity contribution in [3.05, 3.63) is 18.2 Å². The second-order valence-electron chi connectivity index (χ2n) is 4.02. The number of fused-ring (bicyclic) bond motifs is 1. The Morgan fingerprint density at radius 1 is 1.35 bits per heavy atom. The number of esters is 1. The summed E-state index contributed by atoms with van der Waals surface area (Å²) in [5.41, 5.74) is 0.963. The molecule has 90 valence electrons. The van der Waals surface area contributed by atoms with E-state index in [4.69, 9.17) is 14.2 Å². The molecule has 1 unspecified atom stereocenters. The summed E-state index contributed by atoms with van der Waals surface area (Å²) in [6.07, 6.45) is 0. The molecule has 2 aliphatic rings. The van der Waals surface area contributed by atoms with E-state index in [2.05, 4.69) is 0 Å². The van der Waals surface area contributed by atoms with E-state index in [9.17, 15) is 4.79 Å². The predicted octanol–water partition coefficient (Wildman–Crippen LogP) is 0.819. The molecule has 0 spiro atoms. The van der Waals surface area contributed by atoms with Crippen molar-refractivity contribution >= 4 is 11.7 Å². The molecule has 5 heteroatoms. The first-order valence-electron chi connectivity index (χ1n) is 5.54. The number of methoxy groups -OCH3 is 1. The normalized spacial score (nSPS) is 21.0. The maximum absolute atomic E-state index is 11.3. The number of anilines is 1. The van der Waals surface area contributed by atoms with Crippen LogP contribution in [-0.4, -0.2) is 38.9 Å². The first-order chi connectivity index (χ1) is 8.29.